The molecule has 1 N–H and O–H groups in total. The molecule has 3 aromatic rings. The number of hydrogen-bond acceptors (Lipinski definition) is 6. The van der Waals surface area contributed by atoms with Crippen LogP contribution >= 0.6 is 0 Å². The Kier molecular flexibility index (Phi) is 6.37. The third-order valence-electron chi connectivity index (χ3n) is 4.99. The van der Waals surface area contributed by atoms with Crippen LogP contribution in [0.2, 0.25) is 0 Å². The zero-order chi connectivity index (χ0) is 20.8. The van der Waals surface area contributed by atoms with Crippen LogP contribution in [0.15, 0.2) is 71.9 Å². The van der Waals surface area contributed by atoms with E-state index in [0.29, 0.717) is 37.7 Å². The van der Waals surface area contributed by atoms with Crippen molar-refractivity contribution in [3.63, 3.8) is 0 Å². The average Bonchev–Trinajstić information content (AvgIpc) is 2.81. The van der Waals surface area contributed by atoms with Crippen molar-refractivity contribution in [2.75, 3.05) is 38.2 Å². The summed E-state index contributed by atoms with van der Waals surface area (Å²) in [4.78, 5) is 8.93. The summed E-state index contributed by atoms with van der Waals surface area (Å²) < 4.78 is 32.1. The van der Waals surface area contributed by atoms with E-state index >= 15 is 0 Å². The van der Waals surface area contributed by atoms with Crippen LogP contribution in [0.25, 0.3) is 11.3 Å². The van der Waals surface area contributed by atoms with Gasteiger partial charge in [-0.05, 0) is 24.1 Å². The van der Waals surface area contributed by atoms with Gasteiger partial charge < -0.3 is 10.1 Å². The second kappa shape index (κ2) is 9.34. The highest BCUT2D eigenvalue weighted by atomic mass is 32.2. The summed E-state index contributed by atoms with van der Waals surface area (Å²) in [6.45, 7) is 2.37. The fourth-order valence-electron chi connectivity index (χ4n) is 3.32. The topological polar surface area (TPSA) is 84.4 Å². The number of benzene rings is 2. The number of anilines is 1. The molecule has 30 heavy (non-hydrogen) atoms. The van der Waals surface area contributed by atoms with E-state index < -0.39 is 10.0 Å². The van der Waals surface area contributed by atoms with E-state index in [9.17, 15) is 8.42 Å². The van der Waals surface area contributed by atoms with Crippen molar-refractivity contribution in [2.45, 2.75) is 11.3 Å². The van der Waals surface area contributed by atoms with Gasteiger partial charge in [-0.3, -0.25) is 0 Å². The molecule has 2 heterocycles. The summed E-state index contributed by atoms with van der Waals surface area (Å²) in [5.74, 6) is 0.760. The maximum atomic E-state index is 12.7. The molecule has 4 rings (SSSR count). The quantitative estimate of drug-likeness (QED) is 0.628. The highest BCUT2D eigenvalue weighted by Gasteiger charge is 2.25. The molecule has 8 heteroatoms. The molecule has 0 spiro atoms. The monoisotopic (exact) mass is 424 g/mol. The van der Waals surface area contributed by atoms with Crippen molar-refractivity contribution in [3.05, 3.63) is 72.6 Å². The normalized spacial score (nSPS) is 15.1. The lowest BCUT2D eigenvalue weighted by molar-refractivity contribution is 0.0730. The summed E-state index contributed by atoms with van der Waals surface area (Å²) in [5.41, 5.74) is 2.96. The van der Waals surface area contributed by atoms with E-state index in [1.165, 1.54) is 4.31 Å². The maximum Gasteiger partial charge on any atom is 0.243 e. The van der Waals surface area contributed by atoms with Crippen LogP contribution in [-0.2, 0) is 21.2 Å². The summed E-state index contributed by atoms with van der Waals surface area (Å²) >= 11 is 0. The van der Waals surface area contributed by atoms with Crippen molar-refractivity contribution in [3.8, 4) is 11.3 Å². The van der Waals surface area contributed by atoms with E-state index in [0.717, 1.165) is 29.1 Å². The lowest BCUT2D eigenvalue weighted by Gasteiger charge is -2.26. The third kappa shape index (κ3) is 4.84. The molecular formula is C22H24N4O3S. The summed E-state index contributed by atoms with van der Waals surface area (Å²) in [5, 5.41) is 3.31. The first-order chi connectivity index (χ1) is 14.6. The number of nitrogens with zero attached hydrogens (tertiary/aromatic N) is 3. The van der Waals surface area contributed by atoms with Crippen LogP contribution in [0.5, 0.6) is 0 Å². The number of nitrogens with one attached hydrogen (secondary N) is 1. The van der Waals surface area contributed by atoms with Crippen LogP contribution in [-0.4, -0.2) is 55.5 Å². The number of rotatable bonds is 7. The molecule has 0 atom stereocenters. The van der Waals surface area contributed by atoms with Gasteiger partial charge in [0, 0.05) is 31.3 Å². The maximum absolute atomic E-state index is 12.7. The standard InChI is InChI=1S/C22H24N4O3S/c27-30(28,26-12-14-29-15-13-26)20-8-6-18(7-9-20)10-11-23-22-16-21(24-17-25-22)19-4-2-1-3-5-19/h1-9,16-17H,10-15H2,(H,23,24,25). The highest BCUT2D eigenvalue weighted by Crippen LogP contribution is 2.19. The largest absolute Gasteiger partial charge is 0.379 e. The predicted octanol–water partition coefficient (Wildman–Crippen LogP) is 2.82. The fourth-order valence-corrected chi connectivity index (χ4v) is 4.73. The van der Waals surface area contributed by atoms with Crippen molar-refractivity contribution < 1.29 is 13.2 Å². The van der Waals surface area contributed by atoms with Gasteiger partial charge in [0.15, 0.2) is 0 Å². The molecule has 156 valence electrons. The Balaban J connectivity index is 1.35. The molecule has 2 aromatic carbocycles. The summed E-state index contributed by atoms with van der Waals surface area (Å²) in [7, 11) is -3.45. The highest BCUT2D eigenvalue weighted by molar-refractivity contribution is 7.89. The molecule has 1 aromatic heterocycles. The Bertz CT molecular complexity index is 1070. The number of ether oxygens (including phenoxy) is 1. The second-order valence-electron chi connectivity index (χ2n) is 6.99. The summed E-state index contributed by atoms with van der Waals surface area (Å²) in [6.07, 6.45) is 2.30. The molecule has 1 aliphatic heterocycles. The minimum Gasteiger partial charge on any atom is -0.379 e. The van der Waals surface area contributed by atoms with Crippen LogP contribution in [0.1, 0.15) is 5.56 Å². The first-order valence-corrected chi connectivity index (χ1v) is 11.4. The molecule has 1 fully saturated rings. The SMILES string of the molecule is O=S(=O)(c1ccc(CCNc2cc(-c3ccccc3)ncn2)cc1)N1CCOCC1. The van der Waals surface area contributed by atoms with Crippen LogP contribution < -0.4 is 5.32 Å². The van der Waals surface area contributed by atoms with Gasteiger partial charge >= 0.3 is 0 Å². The molecule has 0 amide bonds. The van der Waals surface area contributed by atoms with E-state index in [1.807, 2.05) is 48.5 Å². The van der Waals surface area contributed by atoms with Crippen molar-refractivity contribution in [2.24, 2.45) is 0 Å². The van der Waals surface area contributed by atoms with Gasteiger partial charge in [0.25, 0.3) is 0 Å². The lowest BCUT2D eigenvalue weighted by Crippen LogP contribution is -2.40. The Morgan fingerprint density at radius 2 is 1.70 bits per heavy atom. The van der Waals surface area contributed by atoms with Gasteiger partial charge in [0.1, 0.15) is 12.1 Å². The summed E-state index contributed by atoms with van der Waals surface area (Å²) in [6, 6.07) is 19.0. The Labute approximate surface area is 176 Å². The molecule has 1 saturated heterocycles. The molecule has 7 nitrogen and oxygen atoms in total. The minimum absolute atomic E-state index is 0.324. The van der Waals surface area contributed by atoms with Gasteiger partial charge in [-0.15, -0.1) is 0 Å². The van der Waals surface area contributed by atoms with Gasteiger partial charge in [-0.1, -0.05) is 42.5 Å². The van der Waals surface area contributed by atoms with Crippen molar-refractivity contribution in [1.82, 2.24) is 14.3 Å². The number of morpholine rings is 1. The number of sulfonamides is 1. The fraction of sp³-hybridized carbons (Fsp3) is 0.273. The Morgan fingerprint density at radius 3 is 2.43 bits per heavy atom. The number of aromatic nitrogens is 2. The lowest BCUT2D eigenvalue weighted by atomic mass is 10.1. The second-order valence-corrected chi connectivity index (χ2v) is 8.93. The average molecular weight is 425 g/mol. The first-order valence-electron chi connectivity index (χ1n) is 9.91. The molecule has 0 bridgehead atoms. The van der Waals surface area contributed by atoms with Crippen LogP contribution in [0.4, 0.5) is 5.82 Å². The van der Waals surface area contributed by atoms with Crippen LogP contribution in [0, 0.1) is 0 Å². The van der Waals surface area contributed by atoms with E-state index in [2.05, 4.69) is 15.3 Å². The first kappa shape index (κ1) is 20.5. The van der Waals surface area contributed by atoms with Gasteiger partial charge in [-0.25, -0.2) is 18.4 Å². The third-order valence-corrected chi connectivity index (χ3v) is 6.90. The number of hydrogen-bond donors (Lipinski definition) is 1. The molecule has 1 aliphatic rings. The molecule has 0 unspecified atom stereocenters. The van der Waals surface area contributed by atoms with Gasteiger partial charge in [0.05, 0.1) is 23.8 Å². The minimum atomic E-state index is -3.45. The van der Waals surface area contributed by atoms with Gasteiger partial charge in [0.2, 0.25) is 10.0 Å². The molecule has 0 aliphatic carbocycles. The van der Waals surface area contributed by atoms with Gasteiger partial charge in [-0.2, -0.15) is 4.31 Å². The van der Waals surface area contributed by atoms with Crippen LogP contribution in [0.3, 0.4) is 0 Å². The molecule has 0 saturated carbocycles. The van der Waals surface area contributed by atoms with Crippen molar-refractivity contribution >= 4 is 15.8 Å². The zero-order valence-corrected chi connectivity index (χ0v) is 17.4. The molecular weight excluding hydrogens is 400 g/mol. The Hall–Kier alpha value is -2.81. The van der Waals surface area contributed by atoms with E-state index in [-0.39, 0.29) is 0 Å². The van der Waals surface area contributed by atoms with E-state index in [1.54, 1.807) is 18.5 Å². The Morgan fingerprint density at radius 1 is 0.967 bits per heavy atom. The van der Waals surface area contributed by atoms with E-state index in [4.69, 9.17) is 4.74 Å². The van der Waals surface area contributed by atoms with Crippen molar-refractivity contribution in [1.29, 1.82) is 0 Å². The smallest absolute Gasteiger partial charge is 0.243 e. The predicted molar refractivity (Wildman–Crippen MR) is 116 cm³/mol. The zero-order valence-electron chi connectivity index (χ0n) is 16.6. The molecule has 0 radical (unpaired) electrons.